The van der Waals surface area contributed by atoms with E-state index >= 15 is 0 Å². The van der Waals surface area contributed by atoms with E-state index in [-0.39, 0.29) is 12.3 Å². The first kappa shape index (κ1) is 14.7. The van der Waals surface area contributed by atoms with Crippen molar-refractivity contribution in [2.24, 2.45) is 5.41 Å². The van der Waals surface area contributed by atoms with Gasteiger partial charge in [-0.2, -0.15) is 11.8 Å². The highest BCUT2D eigenvalue weighted by Gasteiger charge is 2.42. The lowest BCUT2D eigenvalue weighted by Crippen LogP contribution is -2.38. The first-order chi connectivity index (χ1) is 9.12. The van der Waals surface area contributed by atoms with Crippen LogP contribution in [0.2, 0.25) is 0 Å². The molecule has 0 radical (unpaired) electrons. The molecule has 1 aliphatic carbocycles. The van der Waals surface area contributed by atoms with E-state index in [9.17, 15) is 14.7 Å². The van der Waals surface area contributed by atoms with Crippen LogP contribution in [0, 0.1) is 5.41 Å². The zero-order chi connectivity index (χ0) is 13.7. The number of carboxylic acid groups (broad SMARTS) is 1. The molecule has 2 aliphatic rings. The van der Waals surface area contributed by atoms with Crippen molar-refractivity contribution in [1.82, 2.24) is 5.32 Å². The van der Waals surface area contributed by atoms with E-state index in [1.54, 1.807) is 0 Å². The Morgan fingerprint density at radius 2 is 1.95 bits per heavy atom. The van der Waals surface area contributed by atoms with Gasteiger partial charge in [0.25, 0.3) is 0 Å². The number of carbonyl (C=O) groups is 2. The van der Waals surface area contributed by atoms with Gasteiger partial charge >= 0.3 is 5.97 Å². The standard InChI is InChI=1S/C14H23NO3S/c16-12(15-10-11-5-1-4-8-19-11)9-14(13(17)18)6-2-3-7-14/h11H,1-10H2,(H,15,16)(H,17,18). The van der Waals surface area contributed by atoms with E-state index in [1.807, 2.05) is 11.8 Å². The predicted octanol–water partition coefficient (Wildman–Crippen LogP) is 2.42. The Labute approximate surface area is 118 Å². The Hall–Kier alpha value is -0.710. The van der Waals surface area contributed by atoms with Gasteiger partial charge in [-0.15, -0.1) is 0 Å². The van der Waals surface area contributed by atoms with Crippen molar-refractivity contribution in [1.29, 1.82) is 0 Å². The monoisotopic (exact) mass is 285 g/mol. The SMILES string of the molecule is O=C(CC1(C(=O)O)CCCC1)NCC1CCCCS1. The van der Waals surface area contributed by atoms with Gasteiger partial charge in [-0.25, -0.2) is 0 Å². The third-order valence-corrected chi connectivity index (χ3v) is 5.71. The second kappa shape index (κ2) is 6.64. The quantitative estimate of drug-likeness (QED) is 0.814. The number of carbonyl (C=O) groups excluding carboxylic acids is 1. The molecule has 5 heteroatoms. The highest BCUT2D eigenvalue weighted by Crippen LogP contribution is 2.41. The number of rotatable bonds is 5. The highest BCUT2D eigenvalue weighted by molar-refractivity contribution is 7.99. The van der Waals surface area contributed by atoms with Crippen LogP contribution >= 0.6 is 11.8 Å². The third kappa shape index (κ3) is 3.88. The van der Waals surface area contributed by atoms with Crippen molar-refractivity contribution in [2.75, 3.05) is 12.3 Å². The molecule has 1 aliphatic heterocycles. The van der Waals surface area contributed by atoms with Crippen molar-refractivity contribution in [2.45, 2.75) is 56.6 Å². The second-order valence-corrected chi connectivity index (χ2v) is 7.17. The lowest BCUT2D eigenvalue weighted by molar-refractivity contribution is -0.151. The van der Waals surface area contributed by atoms with Gasteiger partial charge in [-0.3, -0.25) is 9.59 Å². The van der Waals surface area contributed by atoms with Crippen molar-refractivity contribution in [3.63, 3.8) is 0 Å². The first-order valence-corrected chi connectivity index (χ1v) is 8.29. The summed E-state index contributed by atoms with van der Waals surface area (Å²) in [5.74, 6) is 0.294. The molecule has 0 aromatic heterocycles. The van der Waals surface area contributed by atoms with Crippen LogP contribution in [0.3, 0.4) is 0 Å². The number of carboxylic acids is 1. The van der Waals surface area contributed by atoms with E-state index in [1.165, 1.54) is 18.6 Å². The summed E-state index contributed by atoms with van der Waals surface area (Å²) in [5.41, 5.74) is -0.788. The topological polar surface area (TPSA) is 66.4 Å². The second-order valence-electron chi connectivity index (χ2n) is 5.76. The van der Waals surface area contributed by atoms with E-state index in [0.29, 0.717) is 24.6 Å². The summed E-state index contributed by atoms with van der Waals surface area (Å²) >= 11 is 1.92. The van der Waals surface area contributed by atoms with Crippen LogP contribution in [0.1, 0.15) is 51.4 Å². The molecule has 2 rings (SSSR count). The highest BCUT2D eigenvalue weighted by atomic mass is 32.2. The minimum atomic E-state index is -0.799. The molecule has 1 atom stereocenters. The van der Waals surface area contributed by atoms with Gasteiger partial charge in [-0.1, -0.05) is 19.3 Å². The Bertz CT molecular complexity index is 334. The molecule has 108 valence electrons. The molecule has 1 saturated heterocycles. The van der Waals surface area contributed by atoms with E-state index in [0.717, 1.165) is 19.3 Å². The number of hydrogen-bond donors (Lipinski definition) is 2. The summed E-state index contributed by atoms with van der Waals surface area (Å²) in [6.07, 6.45) is 6.98. The lowest BCUT2D eigenvalue weighted by atomic mass is 9.82. The van der Waals surface area contributed by atoms with E-state index in [2.05, 4.69) is 5.32 Å². The molecule has 19 heavy (non-hydrogen) atoms. The summed E-state index contributed by atoms with van der Waals surface area (Å²) < 4.78 is 0. The number of thioether (sulfide) groups is 1. The smallest absolute Gasteiger partial charge is 0.310 e. The number of aliphatic carboxylic acids is 1. The van der Waals surface area contributed by atoms with Gasteiger partial charge in [0, 0.05) is 18.2 Å². The van der Waals surface area contributed by atoms with Crippen molar-refractivity contribution >= 4 is 23.6 Å². The normalized spacial score (nSPS) is 26.0. The molecular formula is C14H23NO3S. The summed E-state index contributed by atoms with van der Waals surface area (Å²) in [6.45, 7) is 0.694. The number of hydrogen-bond acceptors (Lipinski definition) is 3. The molecule has 1 heterocycles. The van der Waals surface area contributed by atoms with Crippen LogP contribution in [0.5, 0.6) is 0 Å². The summed E-state index contributed by atoms with van der Waals surface area (Å²) in [6, 6.07) is 0. The molecule has 1 unspecified atom stereocenters. The fourth-order valence-electron chi connectivity index (χ4n) is 3.08. The average Bonchev–Trinajstić information content (AvgIpc) is 2.87. The third-order valence-electron chi connectivity index (χ3n) is 4.31. The summed E-state index contributed by atoms with van der Waals surface area (Å²) in [4.78, 5) is 23.3. The molecule has 2 N–H and O–H groups in total. The minimum absolute atomic E-state index is 0.0875. The zero-order valence-corrected chi connectivity index (χ0v) is 12.1. The molecular weight excluding hydrogens is 262 g/mol. The molecule has 2 fully saturated rings. The number of nitrogens with one attached hydrogen (secondary N) is 1. The van der Waals surface area contributed by atoms with Crippen LogP contribution in [0.25, 0.3) is 0 Å². The van der Waals surface area contributed by atoms with Gasteiger partial charge in [0.1, 0.15) is 0 Å². The van der Waals surface area contributed by atoms with Crippen LogP contribution < -0.4 is 5.32 Å². The van der Waals surface area contributed by atoms with Crippen molar-refractivity contribution in [3.05, 3.63) is 0 Å². The Balaban J connectivity index is 1.78. The van der Waals surface area contributed by atoms with Gasteiger partial charge in [-0.05, 0) is 31.4 Å². The zero-order valence-electron chi connectivity index (χ0n) is 11.3. The van der Waals surface area contributed by atoms with E-state index in [4.69, 9.17) is 0 Å². The van der Waals surface area contributed by atoms with Crippen molar-refractivity contribution < 1.29 is 14.7 Å². The molecule has 0 aromatic carbocycles. The molecule has 1 amide bonds. The van der Waals surface area contributed by atoms with E-state index < -0.39 is 11.4 Å². The predicted molar refractivity (Wildman–Crippen MR) is 76.3 cm³/mol. The molecule has 0 aromatic rings. The van der Waals surface area contributed by atoms with Gasteiger partial charge < -0.3 is 10.4 Å². The molecule has 0 spiro atoms. The van der Waals surface area contributed by atoms with Gasteiger partial charge in [0.15, 0.2) is 0 Å². The number of amides is 1. The Kier molecular flexibility index (Phi) is 5.13. The van der Waals surface area contributed by atoms with Crippen LogP contribution in [-0.2, 0) is 9.59 Å². The minimum Gasteiger partial charge on any atom is -0.481 e. The van der Waals surface area contributed by atoms with Gasteiger partial charge in [0.05, 0.1) is 5.41 Å². The molecule has 4 nitrogen and oxygen atoms in total. The Morgan fingerprint density at radius 1 is 1.21 bits per heavy atom. The first-order valence-electron chi connectivity index (χ1n) is 7.24. The molecule has 1 saturated carbocycles. The Morgan fingerprint density at radius 3 is 2.53 bits per heavy atom. The maximum absolute atomic E-state index is 12.0. The van der Waals surface area contributed by atoms with Crippen LogP contribution in [0.4, 0.5) is 0 Å². The fraction of sp³-hybridized carbons (Fsp3) is 0.857. The maximum Gasteiger partial charge on any atom is 0.310 e. The van der Waals surface area contributed by atoms with Crippen molar-refractivity contribution in [3.8, 4) is 0 Å². The van der Waals surface area contributed by atoms with Crippen LogP contribution in [0.15, 0.2) is 0 Å². The lowest BCUT2D eigenvalue weighted by Gasteiger charge is -2.25. The fourth-order valence-corrected chi connectivity index (χ4v) is 4.32. The van der Waals surface area contributed by atoms with Gasteiger partial charge in [0.2, 0.25) is 5.91 Å². The largest absolute Gasteiger partial charge is 0.481 e. The summed E-state index contributed by atoms with van der Waals surface area (Å²) in [7, 11) is 0. The maximum atomic E-state index is 12.0. The average molecular weight is 285 g/mol. The molecule has 0 bridgehead atoms. The van der Waals surface area contributed by atoms with Crippen LogP contribution in [-0.4, -0.2) is 34.5 Å². The summed E-state index contributed by atoms with van der Waals surface area (Å²) in [5, 5.41) is 12.8.